The van der Waals surface area contributed by atoms with Gasteiger partial charge in [0.15, 0.2) is 9.84 Å². The molecular weight excluding hydrogens is 347 g/mol. The number of sulfone groups is 1. The summed E-state index contributed by atoms with van der Waals surface area (Å²) in [7, 11) is -4.11. The quantitative estimate of drug-likeness (QED) is 0.849. The van der Waals surface area contributed by atoms with Crippen molar-refractivity contribution in [2.45, 2.75) is 17.0 Å². The number of carbonyl (C=O) groups is 1. The zero-order valence-corrected chi connectivity index (χ0v) is 11.6. The van der Waals surface area contributed by atoms with Gasteiger partial charge in [0.05, 0.1) is 15.5 Å². The molecule has 0 radical (unpaired) electrons. The van der Waals surface area contributed by atoms with Gasteiger partial charge < -0.3 is 5.11 Å². The van der Waals surface area contributed by atoms with E-state index in [0.717, 1.165) is 0 Å². The molecule has 1 aromatic carbocycles. The zero-order chi connectivity index (χ0) is 16.8. The van der Waals surface area contributed by atoms with Crippen molar-refractivity contribution in [2.24, 2.45) is 0 Å². The summed E-state index contributed by atoms with van der Waals surface area (Å²) >= 11 is 5.37. The molecule has 11 heteroatoms. The predicted octanol–water partition coefficient (Wildman–Crippen LogP) is 3.10. The lowest BCUT2D eigenvalue weighted by Crippen LogP contribution is -2.35. The molecule has 0 aromatic heterocycles. The molecule has 0 atom stereocenters. The van der Waals surface area contributed by atoms with Crippen molar-refractivity contribution >= 4 is 27.4 Å². The highest BCUT2D eigenvalue weighted by atomic mass is 35.5. The van der Waals surface area contributed by atoms with Crippen LogP contribution >= 0.6 is 11.6 Å². The molecule has 4 nitrogen and oxygen atoms in total. The second kappa shape index (κ2) is 5.09. The smallest absolute Gasteiger partial charge is 0.458 e. The summed E-state index contributed by atoms with van der Waals surface area (Å²) in [6.45, 7) is 0. The van der Waals surface area contributed by atoms with E-state index in [1.807, 2.05) is 0 Å². The lowest BCUT2D eigenvalue weighted by atomic mass is 10.0. The Morgan fingerprint density at radius 2 is 1.67 bits per heavy atom. The molecule has 0 saturated carbocycles. The highest BCUT2D eigenvalue weighted by molar-refractivity contribution is 7.90. The van der Waals surface area contributed by atoms with Crippen molar-refractivity contribution in [3.8, 4) is 0 Å². The monoisotopic (exact) mass is 352 g/mol. The van der Waals surface area contributed by atoms with E-state index >= 15 is 0 Å². The molecule has 1 rings (SSSR count). The zero-order valence-electron chi connectivity index (χ0n) is 10.0. The van der Waals surface area contributed by atoms with Crippen LogP contribution in [0.25, 0.3) is 0 Å². The van der Waals surface area contributed by atoms with E-state index in [1.54, 1.807) is 0 Å². The lowest BCUT2D eigenvalue weighted by Gasteiger charge is -2.22. The second-order valence-corrected chi connectivity index (χ2v) is 6.37. The van der Waals surface area contributed by atoms with Crippen LogP contribution in [-0.4, -0.2) is 31.9 Å². The normalized spacial score (nSPS) is 13.3. The number of hydrogen-bond donors (Lipinski definition) is 1. The van der Waals surface area contributed by atoms with Crippen LogP contribution in [0.5, 0.6) is 0 Å². The molecule has 0 amide bonds. The third-order valence-corrected chi connectivity index (χ3v) is 3.96. The summed E-state index contributed by atoms with van der Waals surface area (Å²) < 4.78 is 86.2. The molecule has 0 saturated heterocycles. The van der Waals surface area contributed by atoms with Crippen molar-refractivity contribution in [2.75, 3.05) is 6.26 Å². The molecule has 1 N–H and O–H groups in total. The number of carboxylic acid groups (broad SMARTS) is 1. The van der Waals surface area contributed by atoms with Crippen LogP contribution in [0.3, 0.4) is 0 Å². The maximum Gasteiger partial charge on any atom is 0.458 e. The van der Waals surface area contributed by atoms with Gasteiger partial charge in [-0.1, -0.05) is 11.6 Å². The summed E-state index contributed by atoms with van der Waals surface area (Å²) in [5.74, 6) is -7.64. The summed E-state index contributed by atoms with van der Waals surface area (Å²) in [4.78, 5) is 9.99. The van der Waals surface area contributed by atoms with E-state index in [2.05, 4.69) is 0 Å². The SMILES string of the molecule is CS(=O)(=O)c1cc(C(=O)O)c(C(F)(F)C(F)(F)F)cc1Cl. The minimum Gasteiger partial charge on any atom is -0.478 e. The minimum absolute atomic E-state index is 0.00508. The van der Waals surface area contributed by atoms with Gasteiger partial charge in [-0.2, -0.15) is 22.0 Å². The molecule has 0 spiro atoms. The van der Waals surface area contributed by atoms with Gasteiger partial charge in [-0.05, 0) is 12.1 Å². The maximum atomic E-state index is 13.3. The molecule has 0 aliphatic heterocycles. The van der Waals surface area contributed by atoms with Crippen LogP contribution < -0.4 is 0 Å². The largest absolute Gasteiger partial charge is 0.478 e. The molecule has 0 aliphatic carbocycles. The summed E-state index contributed by atoms with van der Waals surface area (Å²) in [6, 6.07) is 0.171. The van der Waals surface area contributed by atoms with Gasteiger partial charge in [0.25, 0.3) is 0 Å². The van der Waals surface area contributed by atoms with E-state index in [1.165, 1.54) is 0 Å². The number of alkyl halides is 5. The van der Waals surface area contributed by atoms with Crippen LogP contribution in [0.2, 0.25) is 5.02 Å². The van der Waals surface area contributed by atoms with Gasteiger partial charge in [0, 0.05) is 11.8 Å². The summed E-state index contributed by atoms with van der Waals surface area (Å²) in [5, 5.41) is 7.81. The Hall–Kier alpha value is -1.42. The van der Waals surface area contributed by atoms with Crippen molar-refractivity contribution in [1.29, 1.82) is 0 Å². The van der Waals surface area contributed by atoms with E-state index in [0.29, 0.717) is 6.26 Å². The van der Waals surface area contributed by atoms with Crippen LogP contribution in [0.15, 0.2) is 17.0 Å². The molecule has 0 aliphatic rings. The van der Waals surface area contributed by atoms with E-state index < -0.39 is 49.0 Å². The standard InChI is InChI=1S/C10H6ClF5O4S/c1-21(19,20)7-2-4(8(17)18)5(3-6(7)11)9(12,13)10(14,15)16/h2-3H,1H3,(H,17,18). The fourth-order valence-corrected chi connectivity index (χ4v) is 2.76. The third-order valence-electron chi connectivity index (χ3n) is 2.40. The number of halogens is 6. The first-order chi connectivity index (χ1) is 9.19. The number of rotatable bonds is 3. The number of aromatic carboxylic acids is 1. The molecular formula is C10H6ClF5O4S. The van der Waals surface area contributed by atoms with Gasteiger partial charge in [-0.25, -0.2) is 13.2 Å². The third kappa shape index (κ3) is 3.26. The molecule has 0 fully saturated rings. The fourth-order valence-electron chi connectivity index (χ4n) is 1.43. The Morgan fingerprint density at radius 3 is 2.00 bits per heavy atom. The van der Waals surface area contributed by atoms with Crippen LogP contribution in [0, 0.1) is 0 Å². The van der Waals surface area contributed by atoms with Gasteiger partial charge in [0.2, 0.25) is 0 Å². The minimum atomic E-state index is -6.06. The van der Waals surface area contributed by atoms with Crippen LogP contribution in [0.4, 0.5) is 22.0 Å². The van der Waals surface area contributed by atoms with Crippen molar-refractivity contribution in [3.63, 3.8) is 0 Å². The summed E-state index contributed by atoms with van der Waals surface area (Å²) in [6.07, 6.45) is -5.46. The predicted molar refractivity (Wildman–Crippen MR) is 61.5 cm³/mol. The highest BCUT2D eigenvalue weighted by Crippen LogP contribution is 2.46. The summed E-state index contributed by atoms with van der Waals surface area (Å²) in [5.41, 5.74) is -3.43. The average molecular weight is 353 g/mol. The molecule has 0 heterocycles. The Balaban J connectivity index is 3.79. The average Bonchev–Trinajstić information content (AvgIpc) is 2.24. The lowest BCUT2D eigenvalue weighted by molar-refractivity contribution is -0.289. The van der Waals surface area contributed by atoms with Crippen LogP contribution in [0.1, 0.15) is 15.9 Å². The molecule has 0 unspecified atom stereocenters. The molecule has 1 aromatic rings. The number of carboxylic acids is 1. The van der Waals surface area contributed by atoms with E-state index in [9.17, 15) is 35.2 Å². The fraction of sp³-hybridized carbons (Fsp3) is 0.300. The number of benzene rings is 1. The van der Waals surface area contributed by atoms with Gasteiger partial charge >= 0.3 is 18.1 Å². The highest BCUT2D eigenvalue weighted by Gasteiger charge is 2.60. The van der Waals surface area contributed by atoms with Gasteiger partial charge in [-0.3, -0.25) is 0 Å². The van der Waals surface area contributed by atoms with Crippen molar-refractivity contribution < 1.29 is 40.3 Å². The molecule has 0 bridgehead atoms. The Kier molecular flexibility index (Phi) is 4.28. The first kappa shape index (κ1) is 17.6. The first-order valence-corrected chi connectivity index (χ1v) is 7.18. The molecule has 118 valence electrons. The van der Waals surface area contributed by atoms with Crippen molar-refractivity contribution in [1.82, 2.24) is 0 Å². The van der Waals surface area contributed by atoms with E-state index in [4.69, 9.17) is 16.7 Å². The maximum absolute atomic E-state index is 13.3. The Morgan fingerprint density at radius 1 is 1.19 bits per heavy atom. The van der Waals surface area contributed by atoms with Crippen LogP contribution in [-0.2, 0) is 15.8 Å². The Labute approximate surface area is 120 Å². The second-order valence-electron chi connectivity index (χ2n) is 3.98. The van der Waals surface area contributed by atoms with E-state index in [-0.39, 0.29) is 12.1 Å². The molecule has 21 heavy (non-hydrogen) atoms. The topological polar surface area (TPSA) is 71.4 Å². The van der Waals surface area contributed by atoms with Gasteiger partial charge in [0.1, 0.15) is 0 Å². The van der Waals surface area contributed by atoms with Crippen molar-refractivity contribution in [3.05, 3.63) is 28.3 Å². The Bertz CT molecular complexity index is 696. The first-order valence-electron chi connectivity index (χ1n) is 4.91. The number of hydrogen-bond acceptors (Lipinski definition) is 3. The van der Waals surface area contributed by atoms with Gasteiger partial charge in [-0.15, -0.1) is 0 Å².